The van der Waals surface area contributed by atoms with Gasteiger partial charge in [-0.05, 0) is 47.7 Å². The second-order valence-corrected chi connectivity index (χ2v) is 5.15. The monoisotopic (exact) mass is 255 g/mol. The van der Waals surface area contributed by atoms with Gasteiger partial charge in [-0.2, -0.15) is 0 Å². The molecule has 0 atom stereocenters. The average Bonchev–Trinajstić information content (AvgIpc) is 2.38. The van der Waals surface area contributed by atoms with Crippen molar-refractivity contribution in [1.82, 2.24) is 0 Å². The first kappa shape index (κ1) is 13.6. The quantitative estimate of drug-likeness (QED) is 0.880. The minimum Gasteiger partial charge on any atom is -0.457 e. The molecule has 0 heterocycles. The lowest BCUT2D eigenvalue weighted by atomic mass is 10.0. The van der Waals surface area contributed by atoms with Gasteiger partial charge in [0, 0.05) is 6.54 Å². The van der Waals surface area contributed by atoms with Crippen molar-refractivity contribution in [3.05, 3.63) is 59.2 Å². The van der Waals surface area contributed by atoms with E-state index >= 15 is 0 Å². The van der Waals surface area contributed by atoms with Crippen molar-refractivity contribution < 1.29 is 4.74 Å². The molecule has 2 aromatic carbocycles. The first-order valence-corrected chi connectivity index (χ1v) is 6.67. The molecular formula is C17H21NO. The number of ether oxygens (including phenoxy) is 1. The third kappa shape index (κ3) is 3.36. The van der Waals surface area contributed by atoms with Crippen LogP contribution in [0.4, 0.5) is 0 Å². The fourth-order valence-corrected chi connectivity index (χ4v) is 2.07. The van der Waals surface area contributed by atoms with E-state index in [4.69, 9.17) is 10.5 Å². The van der Waals surface area contributed by atoms with Gasteiger partial charge < -0.3 is 10.5 Å². The summed E-state index contributed by atoms with van der Waals surface area (Å²) in [7, 11) is 0. The maximum atomic E-state index is 6.04. The fourth-order valence-electron chi connectivity index (χ4n) is 2.07. The number of benzene rings is 2. The van der Waals surface area contributed by atoms with E-state index in [-0.39, 0.29) is 0 Å². The Morgan fingerprint density at radius 1 is 1.11 bits per heavy atom. The Morgan fingerprint density at radius 2 is 1.89 bits per heavy atom. The van der Waals surface area contributed by atoms with E-state index < -0.39 is 0 Å². The summed E-state index contributed by atoms with van der Waals surface area (Å²) in [6.45, 7) is 6.96. The largest absolute Gasteiger partial charge is 0.457 e. The summed E-state index contributed by atoms with van der Waals surface area (Å²) in [5, 5.41) is 0. The fraction of sp³-hybridized carbons (Fsp3) is 0.294. The molecule has 0 spiro atoms. The second kappa shape index (κ2) is 5.89. The lowest BCUT2D eigenvalue weighted by Crippen LogP contribution is -1.98. The van der Waals surface area contributed by atoms with Crippen molar-refractivity contribution in [2.45, 2.75) is 33.2 Å². The van der Waals surface area contributed by atoms with Gasteiger partial charge >= 0.3 is 0 Å². The molecule has 2 nitrogen and oxygen atoms in total. The number of rotatable bonds is 4. The molecule has 0 bridgehead atoms. The second-order valence-electron chi connectivity index (χ2n) is 5.15. The van der Waals surface area contributed by atoms with Gasteiger partial charge in [-0.25, -0.2) is 0 Å². The Hall–Kier alpha value is -1.80. The van der Waals surface area contributed by atoms with Crippen LogP contribution in [0, 0.1) is 6.92 Å². The molecule has 0 aliphatic rings. The minimum absolute atomic E-state index is 0.438. The lowest BCUT2D eigenvalue weighted by Gasteiger charge is -2.15. The molecule has 2 aromatic rings. The normalized spacial score (nSPS) is 10.8. The predicted octanol–water partition coefficient (Wildman–Crippen LogP) is 4.37. The summed E-state index contributed by atoms with van der Waals surface area (Å²) in [6.07, 6.45) is 0. The van der Waals surface area contributed by atoms with E-state index in [2.05, 4.69) is 39.0 Å². The van der Waals surface area contributed by atoms with Crippen LogP contribution in [-0.4, -0.2) is 0 Å². The zero-order valence-corrected chi connectivity index (χ0v) is 11.8. The van der Waals surface area contributed by atoms with E-state index in [0.29, 0.717) is 12.5 Å². The van der Waals surface area contributed by atoms with Gasteiger partial charge in [0.15, 0.2) is 0 Å². The highest BCUT2D eigenvalue weighted by atomic mass is 16.5. The summed E-state index contributed by atoms with van der Waals surface area (Å²) in [5.74, 6) is 2.22. The van der Waals surface area contributed by atoms with Gasteiger partial charge in [0.1, 0.15) is 11.5 Å². The van der Waals surface area contributed by atoms with Gasteiger partial charge in [-0.1, -0.05) is 38.1 Å². The van der Waals surface area contributed by atoms with Gasteiger partial charge in [0.2, 0.25) is 0 Å². The van der Waals surface area contributed by atoms with Gasteiger partial charge in [-0.15, -0.1) is 0 Å². The van der Waals surface area contributed by atoms with E-state index in [1.54, 1.807) is 0 Å². The SMILES string of the molecule is Cc1ccc(C(C)C)c(Oc2cccc(CN)c2)c1. The van der Waals surface area contributed by atoms with Crippen LogP contribution in [0.15, 0.2) is 42.5 Å². The Kier molecular flexibility index (Phi) is 4.23. The average molecular weight is 255 g/mol. The maximum Gasteiger partial charge on any atom is 0.131 e. The molecule has 0 aliphatic carbocycles. The molecule has 2 rings (SSSR count). The van der Waals surface area contributed by atoms with Crippen LogP contribution in [-0.2, 0) is 6.54 Å². The smallest absolute Gasteiger partial charge is 0.131 e. The van der Waals surface area contributed by atoms with Gasteiger partial charge in [-0.3, -0.25) is 0 Å². The van der Waals surface area contributed by atoms with Crippen LogP contribution >= 0.6 is 0 Å². The zero-order chi connectivity index (χ0) is 13.8. The van der Waals surface area contributed by atoms with Crippen molar-refractivity contribution >= 4 is 0 Å². The Morgan fingerprint density at radius 3 is 2.58 bits per heavy atom. The van der Waals surface area contributed by atoms with E-state index in [1.807, 2.05) is 24.3 Å². The molecule has 100 valence electrons. The van der Waals surface area contributed by atoms with Crippen LogP contribution in [0.3, 0.4) is 0 Å². The van der Waals surface area contributed by atoms with E-state index in [1.165, 1.54) is 11.1 Å². The summed E-state index contributed by atoms with van der Waals surface area (Å²) in [5.41, 5.74) is 9.17. The van der Waals surface area contributed by atoms with E-state index in [9.17, 15) is 0 Å². The zero-order valence-electron chi connectivity index (χ0n) is 11.8. The maximum absolute atomic E-state index is 6.04. The van der Waals surface area contributed by atoms with Crippen LogP contribution in [0.2, 0.25) is 0 Å². The van der Waals surface area contributed by atoms with Crippen molar-refractivity contribution in [1.29, 1.82) is 0 Å². The molecule has 19 heavy (non-hydrogen) atoms. The molecule has 0 unspecified atom stereocenters. The Balaban J connectivity index is 2.33. The van der Waals surface area contributed by atoms with Crippen LogP contribution in [0.25, 0.3) is 0 Å². The summed E-state index contributed by atoms with van der Waals surface area (Å²) in [4.78, 5) is 0. The summed E-state index contributed by atoms with van der Waals surface area (Å²) in [6, 6.07) is 14.3. The van der Waals surface area contributed by atoms with Crippen molar-refractivity contribution in [2.75, 3.05) is 0 Å². The standard InChI is InChI=1S/C17H21NO/c1-12(2)16-8-7-13(3)9-17(16)19-15-6-4-5-14(10-15)11-18/h4-10,12H,11,18H2,1-3H3. The summed E-state index contributed by atoms with van der Waals surface area (Å²) >= 11 is 0. The molecule has 0 amide bonds. The van der Waals surface area contributed by atoms with Crippen molar-refractivity contribution in [3.8, 4) is 11.5 Å². The minimum atomic E-state index is 0.438. The third-order valence-corrected chi connectivity index (χ3v) is 3.15. The molecule has 0 radical (unpaired) electrons. The van der Waals surface area contributed by atoms with Crippen LogP contribution in [0.1, 0.15) is 36.5 Å². The molecule has 2 N–H and O–H groups in total. The highest BCUT2D eigenvalue weighted by Gasteiger charge is 2.09. The predicted molar refractivity (Wildman–Crippen MR) is 79.7 cm³/mol. The number of aryl methyl sites for hydroxylation is 1. The molecule has 0 aliphatic heterocycles. The molecule has 0 saturated carbocycles. The highest BCUT2D eigenvalue weighted by Crippen LogP contribution is 2.31. The van der Waals surface area contributed by atoms with Crippen LogP contribution < -0.4 is 10.5 Å². The molecule has 0 saturated heterocycles. The lowest BCUT2D eigenvalue weighted by molar-refractivity contribution is 0.472. The Bertz CT molecular complexity index is 561. The third-order valence-electron chi connectivity index (χ3n) is 3.15. The molecule has 2 heteroatoms. The first-order chi connectivity index (χ1) is 9.10. The molecule has 0 fully saturated rings. The number of hydrogen-bond acceptors (Lipinski definition) is 2. The topological polar surface area (TPSA) is 35.2 Å². The van der Waals surface area contributed by atoms with Gasteiger partial charge in [0.05, 0.1) is 0 Å². The van der Waals surface area contributed by atoms with Gasteiger partial charge in [0.25, 0.3) is 0 Å². The first-order valence-electron chi connectivity index (χ1n) is 6.67. The molecular weight excluding hydrogens is 234 g/mol. The summed E-state index contributed by atoms with van der Waals surface area (Å²) < 4.78 is 6.04. The molecule has 0 aromatic heterocycles. The van der Waals surface area contributed by atoms with Crippen molar-refractivity contribution in [2.24, 2.45) is 5.73 Å². The van der Waals surface area contributed by atoms with E-state index in [0.717, 1.165) is 17.1 Å². The number of nitrogens with two attached hydrogens (primary N) is 1. The highest BCUT2D eigenvalue weighted by molar-refractivity contribution is 5.42. The Labute approximate surface area is 115 Å². The van der Waals surface area contributed by atoms with Crippen molar-refractivity contribution in [3.63, 3.8) is 0 Å². The number of hydrogen-bond donors (Lipinski definition) is 1. The van der Waals surface area contributed by atoms with Crippen LogP contribution in [0.5, 0.6) is 11.5 Å².